The van der Waals surface area contributed by atoms with Crippen LogP contribution < -0.4 is 14.8 Å². The molecule has 1 aliphatic carbocycles. The summed E-state index contributed by atoms with van der Waals surface area (Å²) >= 11 is 7.58. The van der Waals surface area contributed by atoms with Gasteiger partial charge in [0.15, 0.2) is 18.1 Å². The maximum Gasteiger partial charge on any atom is 0.331 e. The smallest absolute Gasteiger partial charge is 0.331 e. The molecular weight excluding hydrogens is 452 g/mol. The Morgan fingerprint density at radius 2 is 2.00 bits per heavy atom. The molecule has 1 amide bonds. The molecule has 0 bridgehead atoms. The number of hydrogen-bond acceptors (Lipinski definition) is 7. The van der Waals surface area contributed by atoms with Crippen LogP contribution in [0.15, 0.2) is 18.2 Å². The van der Waals surface area contributed by atoms with Crippen LogP contribution >= 0.6 is 22.9 Å². The summed E-state index contributed by atoms with van der Waals surface area (Å²) in [6, 6.07) is 5.48. The molecule has 168 valence electrons. The Morgan fingerprint density at radius 1 is 1.22 bits per heavy atom. The third-order valence-corrected chi connectivity index (χ3v) is 6.49. The topological polar surface area (TPSA) is 97.6 Å². The molecule has 1 heterocycles. The molecule has 0 aliphatic heterocycles. The van der Waals surface area contributed by atoms with Gasteiger partial charge in [0, 0.05) is 11.0 Å². The highest BCUT2D eigenvalue weighted by atomic mass is 35.5. The number of aryl methyl sites for hydroxylation is 1. The predicted molar refractivity (Wildman–Crippen MR) is 123 cm³/mol. The molecule has 0 saturated carbocycles. The van der Waals surface area contributed by atoms with Gasteiger partial charge in [-0.25, -0.2) is 4.79 Å². The van der Waals surface area contributed by atoms with Gasteiger partial charge in [-0.05, 0) is 55.0 Å². The van der Waals surface area contributed by atoms with Crippen LogP contribution in [0.25, 0.3) is 6.08 Å². The SMILES string of the molecule is COc1cc(C=CC(=O)OCC(=O)Nc2sc3c(c2C#N)CCCCC3)cc(Cl)c1OC. The molecule has 0 fully saturated rings. The van der Waals surface area contributed by atoms with E-state index in [0.29, 0.717) is 32.6 Å². The number of carbonyl (C=O) groups excluding carboxylic acids is 2. The highest BCUT2D eigenvalue weighted by molar-refractivity contribution is 7.16. The van der Waals surface area contributed by atoms with Crippen LogP contribution in [-0.2, 0) is 27.2 Å². The summed E-state index contributed by atoms with van der Waals surface area (Å²) in [5, 5.41) is 13.1. The van der Waals surface area contributed by atoms with Gasteiger partial charge < -0.3 is 19.5 Å². The summed E-state index contributed by atoms with van der Waals surface area (Å²) in [6.45, 7) is -0.455. The first-order valence-electron chi connectivity index (χ1n) is 10.1. The minimum Gasteiger partial charge on any atom is -0.493 e. The van der Waals surface area contributed by atoms with Crippen LogP contribution in [0.1, 0.15) is 40.8 Å². The molecule has 0 radical (unpaired) electrons. The fourth-order valence-corrected chi connectivity index (χ4v) is 5.05. The van der Waals surface area contributed by atoms with Gasteiger partial charge in [-0.3, -0.25) is 4.79 Å². The number of anilines is 1. The minimum atomic E-state index is -0.687. The highest BCUT2D eigenvalue weighted by Crippen LogP contribution is 2.37. The molecule has 0 unspecified atom stereocenters. The van der Waals surface area contributed by atoms with Crippen molar-refractivity contribution >= 4 is 45.9 Å². The van der Waals surface area contributed by atoms with Crippen molar-refractivity contribution in [2.24, 2.45) is 0 Å². The number of amides is 1. The summed E-state index contributed by atoms with van der Waals surface area (Å²) in [5.74, 6) is -0.356. The Kier molecular flexibility index (Phi) is 8.14. The van der Waals surface area contributed by atoms with Crippen molar-refractivity contribution in [2.75, 3.05) is 26.1 Å². The molecular formula is C23H23ClN2O5S. The van der Waals surface area contributed by atoms with E-state index in [9.17, 15) is 14.9 Å². The van der Waals surface area contributed by atoms with Crippen molar-refractivity contribution in [3.05, 3.63) is 44.8 Å². The van der Waals surface area contributed by atoms with Crippen LogP contribution in [0.5, 0.6) is 11.5 Å². The Morgan fingerprint density at radius 3 is 2.72 bits per heavy atom. The second-order valence-electron chi connectivity index (χ2n) is 7.11. The number of ether oxygens (including phenoxy) is 3. The number of fused-ring (bicyclic) bond motifs is 1. The molecule has 1 aromatic carbocycles. The maximum absolute atomic E-state index is 12.3. The molecule has 3 rings (SSSR count). The largest absolute Gasteiger partial charge is 0.493 e. The Labute approximate surface area is 195 Å². The summed E-state index contributed by atoms with van der Waals surface area (Å²) < 4.78 is 15.4. The zero-order chi connectivity index (χ0) is 23.1. The van der Waals surface area contributed by atoms with Gasteiger partial charge in [0.2, 0.25) is 0 Å². The van der Waals surface area contributed by atoms with Gasteiger partial charge in [-0.15, -0.1) is 11.3 Å². The van der Waals surface area contributed by atoms with E-state index in [4.69, 9.17) is 25.8 Å². The summed E-state index contributed by atoms with van der Waals surface area (Å²) in [5.41, 5.74) is 2.17. The standard InChI is InChI=1S/C23H23ClN2O5S/c1-29-18-11-14(10-17(24)22(18)30-2)8-9-21(28)31-13-20(27)26-23-16(12-25)15-6-4-3-5-7-19(15)32-23/h8-11H,3-7,13H2,1-2H3,(H,26,27). The number of esters is 1. The first-order chi connectivity index (χ1) is 15.5. The Balaban J connectivity index is 1.58. The zero-order valence-corrected chi connectivity index (χ0v) is 19.4. The van der Waals surface area contributed by atoms with E-state index in [-0.39, 0.29) is 0 Å². The lowest BCUT2D eigenvalue weighted by atomic mass is 10.1. The van der Waals surface area contributed by atoms with Gasteiger partial charge in [-0.1, -0.05) is 18.0 Å². The number of nitrogens with one attached hydrogen (secondary N) is 1. The van der Waals surface area contributed by atoms with Gasteiger partial charge >= 0.3 is 5.97 Å². The minimum absolute atomic E-state index is 0.335. The number of nitriles is 1. The van der Waals surface area contributed by atoms with Gasteiger partial charge in [0.1, 0.15) is 11.1 Å². The lowest BCUT2D eigenvalue weighted by molar-refractivity contribution is -0.142. The van der Waals surface area contributed by atoms with E-state index in [1.165, 1.54) is 37.7 Å². The Bertz CT molecular complexity index is 1090. The molecule has 0 atom stereocenters. The van der Waals surface area contributed by atoms with Gasteiger partial charge in [0.05, 0.1) is 24.8 Å². The number of hydrogen-bond donors (Lipinski definition) is 1. The van der Waals surface area contributed by atoms with E-state index in [2.05, 4.69) is 11.4 Å². The Hall–Kier alpha value is -3.02. The molecule has 7 nitrogen and oxygen atoms in total. The highest BCUT2D eigenvalue weighted by Gasteiger charge is 2.21. The second-order valence-corrected chi connectivity index (χ2v) is 8.62. The molecule has 1 aromatic heterocycles. The molecule has 2 aromatic rings. The quantitative estimate of drug-likeness (QED) is 0.353. The van der Waals surface area contributed by atoms with Crippen LogP contribution in [0.4, 0.5) is 5.00 Å². The number of halogens is 1. The number of nitrogens with zero attached hydrogens (tertiary/aromatic N) is 1. The van der Waals surface area contributed by atoms with Crippen molar-refractivity contribution in [1.29, 1.82) is 5.26 Å². The van der Waals surface area contributed by atoms with Gasteiger partial charge in [-0.2, -0.15) is 5.26 Å². The van der Waals surface area contributed by atoms with Gasteiger partial charge in [0.25, 0.3) is 5.91 Å². The van der Waals surface area contributed by atoms with E-state index in [1.807, 2.05) is 0 Å². The number of thiophene rings is 1. The third-order valence-electron chi connectivity index (χ3n) is 5.00. The number of methoxy groups -OCH3 is 2. The van der Waals surface area contributed by atoms with Crippen molar-refractivity contribution in [2.45, 2.75) is 32.1 Å². The van der Waals surface area contributed by atoms with E-state index in [0.717, 1.165) is 42.5 Å². The normalized spacial score (nSPS) is 13.1. The average Bonchev–Trinajstić information content (AvgIpc) is 2.94. The zero-order valence-electron chi connectivity index (χ0n) is 17.8. The third kappa shape index (κ3) is 5.61. The number of benzene rings is 1. The van der Waals surface area contributed by atoms with Crippen LogP contribution in [0.2, 0.25) is 5.02 Å². The first-order valence-corrected chi connectivity index (χ1v) is 11.3. The first kappa shape index (κ1) is 23.6. The lowest BCUT2D eigenvalue weighted by Crippen LogP contribution is -2.20. The van der Waals surface area contributed by atoms with Crippen LogP contribution in [0.3, 0.4) is 0 Å². The fraction of sp³-hybridized carbons (Fsp3) is 0.348. The van der Waals surface area contributed by atoms with Crippen molar-refractivity contribution < 1.29 is 23.8 Å². The summed E-state index contributed by atoms with van der Waals surface area (Å²) in [7, 11) is 2.96. The van der Waals surface area contributed by atoms with E-state index >= 15 is 0 Å². The predicted octanol–water partition coefficient (Wildman–Crippen LogP) is 4.75. The summed E-state index contributed by atoms with van der Waals surface area (Å²) in [6.07, 6.45) is 7.74. The molecule has 0 spiro atoms. The van der Waals surface area contributed by atoms with E-state index < -0.39 is 18.5 Å². The molecule has 9 heteroatoms. The average molecular weight is 475 g/mol. The monoisotopic (exact) mass is 474 g/mol. The molecule has 0 saturated heterocycles. The lowest BCUT2D eigenvalue weighted by Gasteiger charge is -2.10. The maximum atomic E-state index is 12.3. The molecule has 32 heavy (non-hydrogen) atoms. The summed E-state index contributed by atoms with van der Waals surface area (Å²) in [4.78, 5) is 25.5. The van der Waals surface area contributed by atoms with Crippen molar-refractivity contribution in [3.8, 4) is 17.6 Å². The molecule has 1 N–H and O–H groups in total. The number of carbonyl (C=O) groups is 2. The van der Waals surface area contributed by atoms with Crippen LogP contribution in [-0.4, -0.2) is 32.7 Å². The van der Waals surface area contributed by atoms with E-state index in [1.54, 1.807) is 12.1 Å². The van der Waals surface area contributed by atoms with Crippen LogP contribution in [0, 0.1) is 11.3 Å². The fourth-order valence-electron chi connectivity index (χ4n) is 3.49. The number of rotatable bonds is 7. The van der Waals surface area contributed by atoms with Crippen molar-refractivity contribution in [1.82, 2.24) is 0 Å². The second kappa shape index (κ2) is 11.0. The van der Waals surface area contributed by atoms with Crippen molar-refractivity contribution in [3.63, 3.8) is 0 Å². The molecule has 1 aliphatic rings.